The number of fused-ring (bicyclic) bond motifs is 5. The highest BCUT2D eigenvalue weighted by Crippen LogP contribution is 2.67. The molecule has 8 atom stereocenters. The summed E-state index contributed by atoms with van der Waals surface area (Å²) < 4.78 is 0. The summed E-state index contributed by atoms with van der Waals surface area (Å²) in [6.07, 6.45) is 11.9. The lowest BCUT2D eigenvalue weighted by atomic mass is 9.44. The van der Waals surface area contributed by atoms with Crippen LogP contribution in [0.5, 0.6) is 0 Å². The predicted octanol–water partition coefficient (Wildman–Crippen LogP) is 5.32. The first-order chi connectivity index (χ1) is 13.5. The van der Waals surface area contributed by atoms with Gasteiger partial charge in [-0.25, -0.2) is 0 Å². The zero-order valence-electron chi connectivity index (χ0n) is 17.8. The van der Waals surface area contributed by atoms with Gasteiger partial charge in [0.05, 0.1) is 0 Å². The largest absolute Gasteiger partial charge is 0.353 e. The van der Waals surface area contributed by atoms with Crippen LogP contribution in [0.4, 0.5) is 0 Å². The van der Waals surface area contributed by atoms with Gasteiger partial charge in [0.25, 0.3) is 0 Å². The molecule has 0 bridgehead atoms. The molecule has 2 heterocycles. The molecule has 1 aliphatic heterocycles. The third-order valence-electron chi connectivity index (χ3n) is 9.99. The summed E-state index contributed by atoms with van der Waals surface area (Å²) in [5, 5.41) is 3.41. The van der Waals surface area contributed by atoms with Crippen LogP contribution in [-0.4, -0.2) is 16.9 Å². The van der Waals surface area contributed by atoms with Gasteiger partial charge >= 0.3 is 0 Å². The van der Waals surface area contributed by atoms with Gasteiger partial charge in [-0.15, -0.1) is 0 Å². The maximum Gasteiger partial charge on any atom is 0.220 e. The second-order valence-corrected chi connectivity index (χ2v) is 10.7. The lowest BCUT2D eigenvalue weighted by molar-refractivity contribution is -0.140. The average Bonchev–Trinajstić information content (AvgIpc) is 3.05. The number of piperidine rings is 1. The van der Waals surface area contributed by atoms with Gasteiger partial charge < -0.3 is 5.32 Å². The summed E-state index contributed by atoms with van der Waals surface area (Å²) >= 11 is 0. The van der Waals surface area contributed by atoms with E-state index in [1.54, 1.807) is 0 Å². The zero-order chi connectivity index (χ0) is 19.5. The molecule has 152 valence electrons. The minimum atomic E-state index is 0.136. The van der Waals surface area contributed by atoms with Crippen LogP contribution >= 0.6 is 0 Å². The predicted molar refractivity (Wildman–Crippen MR) is 112 cm³/mol. The molecule has 1 unspecified atom stereocenters. The number of pyridine rings is 1. The van der Waals surface area contributed by atoms with Gasteiger partial charge in [-0.05, 0) is 85.2 Å². The van der Waals surface area contributed by atoms with E-state index in [2.05, 4.69) is 38.2 Å². The summed E-state index contributed by atoms with van der Waals surface area (Å²) in [5.41, 5.74) is 1.82. The van der Waals surface area contributed by atoms with Crippen molar-refractivity contribution in [2.24, 2.45) is 34.5 Å². The highest BCUT2D eigenvalue weighted by Gasteiger charge is 2.62. The molecule has 0 spiro atoms. The molecule has 0 aromatic carbocycles. The summed E-state index contributed by atoms with van der Waals surface area (Å²) in [6.45, 7) is 7.51. The first-order valence-corrected chi connectivity index (χ1v) is 11.7. The van der Waals surface area contributed by atoms with Gasteiger partial charge in [-0.1, -0.05) is 33.3 Å². The molecule has 3 aliphatic carbocycles. The van der Waals surface area contributed by atoms with Crippen LogP contribution in [0.15, 0.2) is 24.4 Å². The Bertz CT molecular complexity index is 748. The van der Waals surface area contributed by atoms with Crippen LogP contribution in [0.25, 0.3) is 0 Å². The van der Waals surface area contributed by atoms with E-state index >= 15 is 0 Å². The number of carbonyl (C=O) groups is 1. The number of rotatable bonds is 2. The number of amides is 1. The molecule has 0 radical (unpaired) electrons. The SMILES string of the molecule is CC[C@H]1CC[C@H]2[C@@H]3CC[C@H]4NC(=O)CC(c5ccccn5)[C@]4(C)[C@H]3CC[C@]12C. The Morgan fingerprint density at radius 1 is 1.11 bits per heavy atom. The minimum Gasteiger partial charge on any atom is -0.353 e. The van der Waals surface area contributed by atoms with E-state index in [9.17, 15) is 4.79 Å². The van der Waals surface area contributed by atoms with Crippen LogP contribution in [0.1, 0.15) is 83.7 Å². The Morgan fingerprint density at radius 3 is 2.71 bits per heavy atom. The highest BCUT2D eigenvalue weighted by molar-refractivity contribution is 5.78. The van der Waals surface area contributed by atoms with Crippen LogP contribution in [0.2, 0.25) is 0 Å². The molecule has 3 saturated carbocycles. The molecule has 4 aliphatic rings. The van der Waals surface area contributed by atoms with Gasteiger partial charge in [0, 0.05) is 30.3 Å². The number of hydrogen-bond acceptors (Lipinski definition) is 2. The Hall–Kier alpha value is -1.38. The Labute approximate surface area is 170 Å². The summed E-state index contributed by atoms with van der Waals surface area (Å²) in [4.78, 5) is 17.3. The molecule has 4 fully saturated rings. The molecule has 1 aromatic rings. The van der Waals surface area contributed by atoms with Gasteiger partial charge in [-0.2, -0.15) is 0 Å². The van der Waals surface area contributed by atoms with Crippen LogP contribution in [-0.2, 0) is 4.79 Å². The van der Waals surface area contributed by atoms with Gasteiger partial charge in [0.1, 0.15) is 0 Å². The average molecular weight is 381 g/mol. The van der Waals surface area contributed by atoms with Crippen molar-refractivity contribution in [1.29, 1.82) is 0 Å². The summed E-state index contributed by atoms with van der Waals surface area (Å²) in [7, 11) is 0. The molecule has 1 aromatic heterocycles. The number of carbonyl (C=O) groups excluding carboxylic acids is 1. The van der Waals surface area contributed by atoms with E-state index in [-0.39, 0.29) is 17.2 Å². The lowest BCUT2D eigenvalue weighted by Crippen LogP contribution is -2.63. The van der Waals surface area contributed by atoms with Crippen molar-refractivity contribution in [1.82, 2.24) is 10.3 Å². The number of nitrogens with one attached hydrogen (secondary N) is 1. The molecule has 1 saturated heterocycles. The van der Waals surface area contributed by atoms with Gasteiger partial charge in [0.15, 0.2) is 0 Å². The Kier molecular flexibility index (Phi) is 4.37. The van der Waals surface area contributed by atoms with Crippen molar-refractivity contribution in [3.8, 4) is 0 Å². The van der Waals surface area contributed by atoms with Gasteiger partial charge in [0.2, 0.25) is 5.91 Å². The number of nitrogens with zero attached hydrogens (tertiary/aromatic N) is 1. The first-order valence-electron chi connectivity index (χ1n) is 11.7. The lowest BCUT2D eigenvalue weighted by Gasteiger charge is -2.62. The monoisotopic (exact) mass is 380 g/mol. The Balaban J connectivity index is 1.53. The quantitative estimate of drug-likeness (QED) is 0.754. The summed E-state index contributed by atoms with van der Waals surface area (Å²) in [5.74, 6) is 3.83. The van der Waals surface area contributed by atoms with E-state index in [1.165, 1.54) is 38.5 Å². The van der Waals surface area contributed by atoms with Crippen LogP contribution < -0.4 is 5.32 Å². The maximum absolute atomic E-state index is 12.6. The molecule has 28 heavy (non-hydrogen) atoms. The van der Waals surface area contributed by atoms with Crippen molar-refractivity contribution in [2.45, 2.75) is 84.1 Å². The van der Waals surface area contributed by atoms with Crippen molar-refractivity contribution in [3.63, 3.8) is 0 Å². The topological polar surface area (TPSA) is 42.0 Å². The van der Waals surface area contributed by atoms with E-state index in [0.717, 1.165) is 29.9 Å². The second kappa shape index (κ2) is 6.57. The van der Waals surface area contributed by atoms with E-state index in [4.69, 9.17) is 4.98 Å². The zero-order valence-corrected chi connectivity index (χ0v) is 17.8. The first kappa shape index (κ1) is 18.6. The van der Waals surface area contributed by atoms with E-state index in [0.29, 0.717) is 23.8 Å². The third-order valence-corrected chi connectivity index (χ3v) is 9.99. The van der Waals surface area contributed by atoms with E-state index < -0.39 is 0 Å². The summed E-state index contributed by atoms with van der Waals surface area (Å²) in [6, 6.07) is 6.56. The highest BCUT2D eigenvalue weighted by atomic mass is 16.1. The van der Waals surface area contributed by atoms with Crippen molar-refractivity contribution in [3.05, 3.63) is 30.1 Å². The van der Waals surface area contributed by atoms with Crippen molar-refractivity contribution in [2.75, 3.05) is 0 Å². The number of hydrogen-bond donors (Lipinski definition) is 1. The molecule has 3 heteroatoms. The maximum atomic E-state index is 12.6. The van der Waals surface area contributed by atoms with E-state index in [1.807, 2.05) is 12.3 Å². The van der Waals surface area contributed by atoms with Crippen LogP contribution in [0, 0.1) is 34.5 Å². The molecular weight excluding hydrogens is 344 g/mol. The molecule has 1 N–H and O–H groups in total. The molecule has 1 amide bonds. The normalized spacial score (nSPS) is 47.6. The minimum absolute atomic E-state index is 0.136. The smallest absolute Gasteiger partial charge is 0.220 e. The fraction of sp³-hybridized carbons (Fsp3) is 0.760. The second-order valence-electron chi connectivity index (χ2n) is 10.7. The Morgan fingerprint density at radius 2 is 1.96 bits per heavy atom. The van der Waals surface area contributed by atoms with Crippen LogP contribution in [0.3, 0.4) is 0 Å². The van der Waals surface area contributed by atoms with Crippen molar-refractivity contribution >= 4 is 5.91 Å². The third kappa shape index (κ3) is 2.47. The fourth-order valence-electron chi connectivity index (χ4n) is 8.56. The molecule has 5 rings (SSSR count). The standard InChI is InChI=1S/C25H36N2O/c1-4-16-8-10-18-17-9-11-22-25(3,19(17)12-13-24(16,18)2)20(15-23(28)27-22)21-7-5-6-14-26-21/h5-7,14,16-20,22H,4,8-13,15H2,1-3H3,(H,27,28)/t16-,17-,18-,19-,20?,22+,24+,25-/m0/s1. The molecule has 3 nitrogen and oxygen atoms in total. The van der Waals surface area contributed by atoms with Crippen molar-refractivity contribution < 1.29 is 4.79 Å². The fourth-order valence-corrected chi connectivity index (χ4v) is 8.56. The number of aromatic nitrogens is 1. The van der Waals surface area contributed by atoms with Gasteiger partial charge in [-0.3, -0.25) is 9.78 Å². The molecular formula is C25H36N2O.